The molecule has 0 amide bonds. The molecule has 0 unspecified atom stereocenters. The fraction of sp³-hybridized carbons (Fsp3) is 0.450. The van der Waals surface area contributed by atoms with Crippen LogP contribution in [-0.2, 0) is 11.8 Å². The lowest BCUT2D eigenvalue weighted by molar-refractivity contribution is 0.388. The maximum absolute atomic E-state index is 13.0. The average molecular weight is 315 g/mol. The van der Waals surface area contributed by atoms with Crippen LogP contribution in [0.3, 0.4) is 0 Å². The number of aromatic nitrogens is 1. The molecule has 0 fully saturated rings. The van der Waals surface area contributed by atoms with Gasteiger partial charge in [0.2, 0.25) is 0 Å². The van der Waals surface area contributed by atoms with Crippen molar-refractivity contribution < 1.29 is 4.39 Å². The molecule has 0 atom stereocenters. The summed E-state index contributed by atoms with van der Waals surface area (Å²) in [5, 5.41) is 0. The summed E-state index contributed by atoms with van der Waals surface area (Å²) in [6, 6.07) is 8.27. The zero-order valence-corrected chi connectivity index (χ0v) is 14.7. The van der Waals surface area contributed by atoms with Crippen molar-refractivity contribution in [3.05, 3.63) is 68.9 Å². The molecule has 0 aliphatic carbocycles. The number of halogens is 1. The average Bonchev–Trinajstić information content (AvgIpc) is 2.43. The Morgan fingerprint density at radius 2 is 1.78 bits per heavy atom. The Morgan fingerprint density at radius 3 is 2.35 bits per heavy atom. The summed E-state index contributed by atoms with van der Waals surface area (Å²) in [7, 11) is 0. The Bertz CT molecular complexity index is 726. The van der Waals surface area contributed by atoms with E-state index in [0.29, 0.717) is 12.3 Å². The van der Waals surface area contributed by atoms with Gasteiger partial charge in [-0.05, 0) is 48.6 Å². The van der Waals surface area contributed by atoms with E-state index in [1.54, 1.807) is 12.1 Å². The van der Waals surface area contributed by atoms with Crippen LogP contribution >= 0.6 is 0 Å². The van der Waals surface area contributed by atoms with Gasteiger partial charge in [0.1, 0.15) is 5.82 Å². The first-order valence-electron chi connectivity index (χ1n) is 8.17. The van der Waals surface area contributed by atoms with Gasteiger partial charge in [0, 0.05) is 23.1 Å². The molecule has 3 heteroatoms. The molecule has 0 aliphatic heterocycles. The Morgan fingerprint density at radius 1 is 1.17 bits per heavy atom. The SMILES string of the molecule is Cc1cc(Cc2ccc(F)cc2)c(=O)[nH]c1C(C)(C)CC(C)C. The lowest BCUT2D eigenvalue weighted by Crippen LogP contribution is -2.27. The minimum Gasteiger partial charge on any atom is -0.325 e. The Hall–Kier alpha value is -1.90. The van der Waals surface area contributed by atoms with Crippen molar-refractivity contribution in [1.29, 1.82) is 0 Å². The van der Waals surface area contributed by atoms with Gasteiger partial charge >= 0.3 is 0 Å². The van der Waals surface area contributed by atoms with Gasteiger partial charge in [-0.25, -0.2) is 4.39 Å². The standard InChI is InChI=1S/C20H26FNO/c1-13(2)12-20(4,5)18-14(3)10-16(19(23)22-18)11-15-6-8-17(21)9-7-15/h6-10,13H,11-12H2,1-5H3,(H,22,23). The summed E-state index contributed by atoms with van der Waals surface area (Å²) in [4.78, 5) is 15.6. The van der Waals surface area contributed by atoms with Crippen molar-refractivity contribution in [2.24, 2.45) is 5.92 Å². The van der Waals surface area contributed by atoms with Gasteiger partial charge in [-0.15, -0.1) is 0 Å². The zero-order chi connectivity index (χ0) is 17.2. The molecule has 0 spiro atoms. The van der Waals surface area contributed by atoms with E-state index in [1.807, 2.05) is 13.0 Å². The quantitative estimate of drug-likeness (QED) is 0.849. The van der Waals surface area contributed by atoms with Crippen LogP contribution < -0.4 is 5.56 Å². The number of H-pyrrole nitrogens is 1. The normalized spacial score (nSPS) is 12.0. The van der Waals surface area contributed by atoms with Crippen LogP contribution in [0, 0.1) is 18.7 Å². The van der Waals surface area contributed by atoms with Gasteiger partial charge in [0.25, 0.3) is 5.56 Å². The second-order valence-corrected chi connectivity index (χ2v) is 7.47. The van der Waals surface area contributed by atoms with Gasteiger partial charge in [0.05, 0.1) is 0 Å². The molecule has 1 aromatic carbocycles. The van der Waals surface area contributed by atoms with Crippen LogP contribution in [0.25, 0.3) is 0 Å². The highest BCUT2D eigenvalue weighted by Crippen LogP contribution is 2.30. The number of benzene rings is 1. The molecule has 124 valence electrons. The van der Waals surface area contributed by atoms with Crippen molar-refractivity contribution in [2.75, 3.05) is 0 Å². The van der Waals surface area contributed by atoms with Gasteiger partial charge in [-0.1, -0.05) is 39.8 Å². The highest BCUT2D eigenvalue weighted by atomic mass is 19.1. The third-order valence-corrected chi connectivity index (χ3v) is 4.22. The molecule has 2 aromatic rings. The maximum Gasteiger partial charge on any atom is 0.251 e. The lowest BCUT2D eigenvalue weighted by atomic mass is 9.79. The monoisotopic (exact) mass is 315 g/mol. The fourth-order valence-corrected chi connectivity index (χ4v) is 3.47. The molecule has 1 aromatic heterocycles. The lowest BCUT2D eigenvalue weighted by Gasteiger charge is -2.28. The van der Waals surface area contributed by atoms with Crippen molar-refractivity contribution in [3.8, 4) is 0 Å². The predicted molar refractivity (Wildman–Crippen MR) is 93.5 cm³/mol. The first kappa shape index (κ1) is 17.5. The van der Waals surface area contributed by atoms with E-state index in [9.17, 15) is 9.18 Å². The van der Waals surface area contributed by atoms with Crippen LogP contribution in [0.1, 0.15) is 56.5 Å². The second kappa shape index (κ2) is 6.69. The maximum atomic E-state index is 13.0. The van der Waals surface area contributed by atoms with E-state index in [4.69, 9.17) is 0 Å². The minimum absolute atomic E-state index is 0.0493. The largest absolute Gasteiger partial charge is 0.325 e. The molecule has 1 heterocycles. The number of pyridine rings is 1. The zero-order valence-electron chi connectivity index (χ0n) is 14.7. The Balaban J connectivity index is 2.33. The van der Waals surface area contributed by atoms with E-state index in [1.165, 1.54) is 12.1 Å². The second-order valence-electron chi connectivity index (χ2n) is 7.47. The molecule has 2 nitrogen and oxygen atoms in total. The van der Waals surface area contributed by atoms with Crippen molar-refractivity contribution in [3.63, 3.8) is 0 Å². The highest BCUT2D eigenvalue weighted by Gasteiger charge is 2.25. The van der Waals surface area contributed by atoms with Gasteiger partial charge in [-0.3, -0.25) is 4.79 Å². The topological polar surface area (TPSA) is 32.9 Å². The molecular weight excluding hydrogens is 289 g/mol. The van der Waals surface area contributed by atoms with Crippen LogP contribution in [0.4, 0.5) is 4.39 Å². The summed E-state index contributed by atoms with van der Waals surface area (Å²) >= 11 is 0. The van der Waals surface area contributed by atoms with E-state index in [-0.39, 0.29) is 16.8 Å². The van der Waals surface area contributed by atoms with Crippen LogP contribution in [-0.4, -0.2) is 4.98 Å². The molecular formula is C20H26FNO. The first-order chi connectivity index (χ1) is 10.7. The number of hydrogen-bond acceptors (Lipinski definition) is 1. The van der Waals surface area contributed by atoms with E-state index >= 15 is 0 Å². The predicted octanol–water partition coefficient (Wildman–Crippen LogP) is 4.74. The molecule has 2 rings (SSSR count). The molecule has 0 saturated carbocycles. The molecule has 0 aliphatic rings. The van der Waals surface area contributed by atoms with Gasteiger partial charge in [0.15, 0.2) is 0 Å². The first-order valence-corrected chi connectivity index (χ1v) is 8.17. The van der Waals surface area contributed by atoms with Crippen molar-refractivity contribution in [2.45, 2.75) is 52.9 Å². The third-order valence-electron chi connectivity index (χ3n) is 4.22. The Labute approximate surface area is 137 Å². The summed E-state index contributed by atoms with van der Waals surface area (Å²) in [5.74, 6) is 0.302. The number of hydrogen-bond donors (Lipinski definition) is 1. The minimum atomic E-state index is -0.260. The van der Waals surface area contributed by atoms with E-state index in [2.05, 4.69) is 32.7 Å². The summed E-state index contributed by atoms with van der Waals surface area (Å²) < 4.78 is 13.0. The van der Waals surface area contributed by atoms with Gasteiger partial charge < -0.3 is 4.98 Å². The van der Waals surface area contributed by atoms with Crippen molar-refractivity contribution in [1.82, 2.24) is 4.98 Å². The summed E-state index contributed by atoms with van der Waals surface area (Å²) in [6.45, 7) is 10.8. The van der Waals surface area contributed by atoms with Gasteiger partial charge in [-0.2, -0.15) is 0 Å². The third kappa shape index (κ3) is 4.31. The summed E-state index contributed by atoms with van der Waals surface area (Å²) in [6.07, 6.45) is 1.53. The van der Waals surface area contributed by atoms with Crippen molar-refractivity contribution >= 4 is 0 Å². The number of nitrogens with one attached hydrogen (secondary N) is 1. The van der Waals surface area contributed by atoms with E-state index in [0.717, 1.165) is 28.8 Å². The Kier molecular flexibility index (Phi) is 5.08. The number of rotatable bonds is 5. The molecule has 1 N–H and O–H groups in total. The molecule has 23 heavy (non-hydrogen) atoms. The van der Waals surface area contributed by atoms with Crippen LogP contribution in [0.5, 0.6) is 0 Å². The highest BCUT2D eigenvalue weighted by molar-refractivity contribution is 5.32. The van der Waals surface area contributed by atoms with Crippen LogP contribution in [0.2, 0.25) is 0 Å². The van der Waals surface area contributed by atoms with E-state index < -0.39 is 0 Å². The number of aryl methyl sites for hydroxylation is 1. The number of aromatic amines is 1. The molecule has 0 saturated heterocycles. The molecule has 0 bridgehead atoms. The fourth-order valence-electron chi connectivity index (χ4n) is 3.47. The molecule has 0 radical (unpaired) electrons. The van der Waals surface area contributed by atoms with Crippen LogP contribution in [0.15, 0.2) is 35.1 Å². The smallest absolute Gasteiger partial charge is 0.251 e. The summed E-state index contributed by atoms with van der Waals surface area (Å²) in [5.41, 5.74) is 3.66.